The van der Waals surface area contributed by atoms with E-state index in [1.807, 2.05) is 50.4 Å². The minimum absolute atomic E-state index is 0.209. The second kappa shape index (κ2) is 14.0. The number of nitrogens with zero attached hydrogens (tertiary/aromatic N) is 1. The lowest BCUT2D eigenvalue weighted by Gasteiger charge is -2.21. The van der Waals surface area contributed by atoms with Crippen LogP contribution < -0.4 is 14.8 Å². The van der Waals surface area contributed by atoms with E-state index in [9.17, 15) is 5.11 Å². The first-order valence-electron chi connectivity index (χ1n) is 10.6. The number of likely N-dealkylation sites (N-methyl/N-ethyl adjacent to an activating group) is 1. The van der Waals surface area contributed by atoms with E-state index in [0.717, 1.165) is 44.8 Å². The van der Waals surface area contributed by atoms with E-state index >= 15 is 0 Å². The molecule has 0 fully saturated rings. The van der Waals surface area contributed by atoms with Crippen molar-refractivity contribution in [2.45, 2.75) is 32.5 Å². The Balaban J connectivity index is 1.79. The number of nitrogens with one attached hydrogen (secondary N) is 1. The summed E-state index contributed by atoms with van der Waals surface area (Å²) < 4.78 is 16.6. The summed E-state index contributed by atoms with van der Waals surface area (Å²) in [6, 6.07) is 16.1. The minimum atomic E-state index is -0.594. The maximum absolute atomic E-state index is 10.4. The highest BCUT2D eigenvalue weighted by atomic mass is 16.5. The highest BCUT2D eigenvalue weighted by Crippen LogP contribution is 2.28. The Labute approximate surface area is 180 Å². The number of aliphatic hydroxyl groups excluding tert-OH is 1. The number of aliphatic hydroxyl groups is 1. The Morgan fingerprint density at radius 3 is 2.60 bits per heavy atom. The van der Waals surface area contributed by atoms with Crippen LogP contribution in [0, 0.1) is 0 Å². The van der Waals surface area contributed by atoms with Gasteiger partial charge in [-0.2, -0.15) is 0 Å². The van der Waals surface area contributed by atoms with E-state index in [2.05, 4.69) is 22.3 Å². The molecule has 2 aromatic rings. The van der Waals surface area contributed by atoms with Gasteiger partial charge >= 0.3 is 0 Å². The zero-order chi connectivity index (χ0) is 21.6. The first-order valence-corrected chi connectivity index (χ1v) is 10.6. The Morgan fingerprint density at radius 1 is 1.07 bits per heavy atom. The summed E-state index contributed by atoms with van der Waals surface area (Å²) >= 11 is 0. The molecule has 166 valence electrons. The van der Waals surface area contributed by atoms with E-state index in [1.54, 1.807) is 7.11 Å². The van der Waals surface area contributed by atoms with Crippen molar-refractivity contribution in [1.82, 2.24) is 10.2 Å². The normalized spacial score (nSPS) is 12.2. The predicted octanol–water partition coefficient (Wildman–Crippen LogP) is 3.08. The SMILES string of the molecule is CCOCCCNCc1ccc(OC)c(OCC(O)CN(C)Cc2ccccc2)c1. The summed E-state index contributed by atoms with van der Waals surface area (Å²) in [5, 5.41) is 13.8. The van der Waals surface area contributed by atoms with Gasteiger partial charge in [0.1, 0.15) is 12.7 Å². The Kier molecular flexibility index (Phi) is 11.3. The molecule has 2 aromatic carbocycles. The van der Waals surface area contributed by atoms with Crippen LogP contribution in [0.5, 0.6) is 11.5 Å². The zero-order valence-electron chi connectivity index (χ0n) is 18.5. The standard InChI is InChI=1S/C24H36N2O4/c1-4-29-14-8-13-25-16-21-11-12-23(28-3)24(15-21)30-19-22(27)18-26(2)17-20-9-6-5-7-10-20/h5-7,9-12,15,22,25,27H,4,8,13-14,16-19H2,1-3H3. The van der Waals surface area contributed by atoms with Gasteiger partial charge in [-0.3, -0.25) is 4.90 Å². The maximum Gasteiger partial charge on any atom is 0.161 e. The van der Waals surface area contributed by atoms with Gasteiger partial charge in [0.15, 0.2) is 11.5 Å². The molecular formula is C24H36N2O4. The van der Waals surface area contributed by atoms with Crippen LogP contribution in [0.2, 0.25) is 0 Å². The summed E-state index contributed by atoms with van der Waals surface area (Å²) in [5.74, 6) is 1.32. The quantitative estimate of drug-likeness (QED) is 0.435. The van der Waals surface area contributed by atoms with E-state index in [-0.39, 0.29) is 6.61 Å². The van der Waals surface area contributed by atoms with Gasteiger partial charge in [0.05, 0.1) is 7.11 Å². The molecule has 0 aliphatic carbocycles. The third kappa shape index (κ3) is 9.13. The second-order valence-electron chi connectivity index (χ2n) is 7.36. The topological polar surface area (TPSA) is 63.2 Å². The van der Waals surface area contributed by atoms with Gasteiger partial charge in [-0.15, -0.1) is 0 Å². The molecular weight excluding hydrogens is 380 g/mol. The number of ether oxygens (including phenoxy) is 3. The number of hydrogen-bond acceptors (Lipinski definition) is 6. The van der Waals surface area contributed by atoms with E-state index in [4.69, 9.17) is 14.2 Å². The molecule has 30 heavy (non-hydrogen) atoms. The van der Waals surface area contributed by atoms with Crippen molar-refractivity contribution in [3.63, 3.8) is 0 Å². The fourth-order valence-electron chi connectivity index (χ4n) is 3.18. The molecule has 0 amide bonds. The summed E-state index contributed by atoms with van der Waals surface area (Å²) in [6.07, 6.45) is 0.388. The van der Waals surface area contributed by atoms with Gasteiger partial charge in [0.25, 0.3) is 0 Å². The molecule has 6 heteroatoms. The molecule has 0 spiro atoms. The molecule has 0 bridgehead atoms. The van der Waals surface area contributed by atoms with Crippen molar-refractivity contribution >= 4 is 0 Å². The van der Waals surface area contributed by atoms with Crippen molar-refractivity contribution in [2.75, 3.05) is 47.1 Å². The van der Waals surface area contributed by atoms with E-state index in [0.29, 0.717) is 18.0 Å². The van der Waals surface area contributed by atoms with Crippen LogP contribution in [0.4, 0.5) is 0 Å². The van der Waals surface area contributed by atoms with Crippen molar-refractivity contribution in [1.29, 1.82) is 0 Å². The van der Waals surface area contributed by atoms with Gasteiger partial charge in [-0.1, -0.05) is 36.4 Å². The highest BCUT2D eigenvalue weighted by Gasteiger charge is 2.12. The van der Waals surface area contributed by atoms with Gasteiger partial charge in [0.2, 0.25) is 0 Å². The molecule has 2 N–H and O–H groups in total. The molecule has 0 aromatic heterocycles. The van der Waals surface area contributed by atoms with Crippen molar-refractivity contribution in [3.8, 4) is 11.5 Å². The summed E-state index contributed by atoms with van der Waals surface area (Å²) in [7, 11) is 3.62. The van der Waals surface area contributed by atoms with Crippen molar-refractivity contribution < 1.29 is 19.3 Å². The Hall–Kier alpha value is -2.12. The van der Waals surface area contributed by atoms with E-state index < -0.39 is 6.10 Å². The maximum atomic E-state index is 10.4. The fraction of sp³-hybridized carbons (Fsp3) is 0.500. The summed E-state index contributed by atoms with van der Waals surface area (Å²) in [5.41, 5.74) is 2.33. The number of benzene rings is 2. The van der Waals surface area contributed by atoms with Crippen molar-refractivity contribution in [3.05, 3.63) is 59.7 Å². The molecule has 1 unspecified atom stereocenters. The zero-order valence-corrected chi connectivity index (χ0v) is 18.5. The van der Waals surface area contributed by atoms with Crippen LogP contribution in [0.25, 0.3) is 0 Å². The van der Waals surface area contributed by atoms with Crippen LogP contribution in [-0.4, -0.2) is 63.2 Å². The van der Waals surface area contributed by atoms with Crippen LogP contribution in [0.3, 0.4) is 0 Å². The molecule has 0 saturated carbocycles. The third-order valence-electron chi connectivity index (χ3n) is 4.65. The molecule has 0 aliphatic heterocycles. The second-order valence-corrected chi connectivity index (χ2v) is 7.36. The molecule has 0 aliphatic rings. The number of hydrogen-bond donors (Lipinski definition) is 2. The molecule has 0 saturated heterocycles. The average molecular weight is 417 g/mol. The molecule has 0 heterocycles. The van der Waals surface area contributed by atoms with Crippen LogP contribution >= 0.6 is 0 Å². The lowest BCUT2D eigenvalue weighted by molar-refractivity contribution is 0.0732. The number of methoxy groups -OCH3 is 1. The molecule has 6 nitrogen and oxygen atoms in total. The molecule has 0 radical (unpaired) electrons. The highest BCUT2D eigenvalue weighted by molar-refractivity contribution is 5.43. The van der Waals surface area contributed by atoms with Crippen molar-refractivity contribution in [2.24, 2.45) is 0 Å². The first kappa shape index (κ1) is 24.2. The van der Waals surface area contributed by atoms with Gasteiger partial charge in [0, 0.05) is 32.8 Å². The number of rotatable bonds is 15. The lowest BCUT2D eigenvalue weighted by atomic mass is 10.2. The fourth-order valence-corrected chi connectivity index (χ4v) is 3.18. The molecule has 2 rings (SSSR count). The monoisotopic (exact) mass is 416 g/mol. The van der Waals surface area contributed by atoms with Gasteiger partial charge < -0.3 is 24.6 Å². The summed E-state index contributed by atoms with van der Waals surface area (Å²) in [6.45, 7) is 6.70. The van der Waals surface area contributed by atoms with E-state index in [1.165, 1.54) is 5.56 Å². The smallest absolute Gasteiger partial charge is 0.161 e. The van der Waals surface area contributed by atoms with Gasteiger partial charge in [-0.25, -0.2) is 0 Å². The Bertz CT molecular complexity index is 712. The third-order valence-corrected chi connectivity index (χ3v) is 4.65. The van der Waals surface area contributed by atoms with Crippen LogP contribution in [0.15, 0.2) is 48.5 Å². The minimum Gasteiger partial charge on any atom is -0.493 e. The summed E-state index contributed by atoms with van der Waals surface area (Å²) in [4.78, 5) is 2.09. The van der Waals surface area contributed by atoms with Crippen LogP contribution in [-0.2, 0) is 17.8 Å². The lowest BCUT2D eigenvalue weighted by Crippen LogP contribution is -2.32. The predicted molar refractivity (Wildman–Crippen MR) is 120 cm³/mol. The Morgan fingerprint density at radius 2 is 1.87 bits per heavy atom. The molecule has 1 atom stereocenters. The first-order chi connectivity index (χ1) is 14.6. The largest absolute Gasteiger partial charge is 0.493 e. The average Bonchev–Trinajstić information content (AvgIpc) is 2.75. The van der Waals surface area contributed by atoms with Crippen LogP contribution in [0.1, 0.15) is 24.5 Å². The van der Waals surface area contributed by atoms with Gasteiger partial charge in [-0.05, 0) is 50.2 Å².